The molecule has 0 bridgehead atoms. The number of aromatic nitrogens is 2. The summed E-state index contributed by atoms with van der Waals surface area (Å²) in [6.45, 7) is 2.90. The van der Waals surface area contributed by atoms with E-state index in [1.807, 2.05) is 12.3 Å². The van der Waals surface area contributed by atoms with Gasteiger partial charge in [-0.05, 0) is 23.9 Å². The normalized spacial score (nSPS) is 16.8. The molecule has 2 aromatic heterocycles. The molecule has 1 unspecified atom stereocenters. The minimum Gasteiger partial charge on any atom is -0.344 e. The summed E-state index contributed by atoms with van der Waals surface area (Å²) in [6.07, 6.45) is 4.28. The van der Waals surface area contributed by atoms with Crippen LogP contribution < -0.4 is 5.32 Å². The molecule has 0 saturated carbocycles. The van der Waals surface area contributed by atoms with E-state index in [0.717, 1.165) is 12.4 Å². The van der Waals surface area contributed by atoms with E-state index >= 15 is 0 Å². The summed E-state index contributed by atoms with van der Waals surface area (Å²) in [4.78, 5) is 1.36. The van der Waals surface area contributed by atoms with Crippen molar-refractivity contribution in [2.45, 2.75) is 19.4 Å². The van der Waals surface area contributed by atoms with Crippen molar-refractivity contribution in [3.8, 4) is 0 Å². The second-order valence-electron chi connectivity index (χ2n) is 5.56. The van der Waals surface area contributed by atoms with Crippen LogP contribution in [0.2, 0.25) is 0 Å². The summed E-state index contributed by atoms with van der Waals surface area (Å²) < 4.78 is 2.06. The van der Waals surface area contributed by atoms with E-state index in [4.69, 9.17) is 0 Å². The van der Waals surface area contributed by atoms with Gasteiger partial charge < -0.3 is 5.32 Å². The molecule has 1 atom stereocenters. The molecule has 0 aliphatic carbocycles. The Labute approximate surface area is 133 Å². The minimum atomic E-state index is 0.306. The number of nitrogens with zero attached hydrogens (tertiary/aromatic N) is 2. The summed E-state index contributed by atoms with van der Waals surface area (Å²) in [6, 6.07) is 14.8. The Hall–Kier alpha value is -2.33. The molecule has 1 N–H and O–H groups in total. The Morgan fingerprint density at radius 3 is 2.82 bits per heavy atom. The van der Waals surface area contributed by atoms with Gasteiger partial charge in [0, 0.05) is 22.1 Å². The molecule has 110 valence electrons. The van der Waals surface area contributed by atoms with E-state index in [9.17, 15) is 0 Å². The summed E-state index contributed by atoms with van der Waals surface area (Å²) in [5, 5.41) is 10.2. The number of benzene rings is 1. The lowest BCUT2D eigenvalue weighted by Gasteiger charge is -2.22. The van der Waals surface area contributed by atoms with E-state index < -0.39 is 0 Å². The molecule has 0 fully saturated rings. The number of thiophene rings is 1. The predicted octanol–water partition coefficient (Wildman–Crippen LogP) is 4.45. The molecule has 0 saturated heterocycles. The van der Waals surface area contributed by atoms with Gasteiger partial charge >= 0.3 is 0 Å². The Morgan fingerprint density at radius 2 is 2.05 bits per heavy atom. The second-order valence-corrected chi connectivity index (χ2v) is 6.54. The minimum absolute atomic E-state index is 0.306. The first kappa shape index (κ1) is 13.3. The molecule has 3 heterocycles. The number of anilines is 1. The van der Waals surface area contributed by atoms with E-state index in [1.54, 1.807) is 11.3 Å². The van der Waals surface area contributed by atoms with Crippen LogP contribution in [0.4, 0.5) is 5.82 Å². The third kappa shape index (κ3) is 2.35. The number of nitrogens with one attached hydrogen (secondary N) is 1. The van der Waals surface area contributed by atoms with Crippen LogP contribution in [0.25, 0.3) is 0 Å². The van der Waals surface area contributed by atoms with E-state index in [-0.39, 0.29) is 0 Å². The van der Waals surface area contributed by atoms with Crippen molar-refractivity contribution in [1.29, 1.82) is 0 Å². The highest BCUT2D eigenvalue weighted by molar-refractivity contribution is 7.10. The number of fused-ring (bicyclic) bond motifs is 1. The Balaban J connectivity index is 1.72. The molecular formula is C18H17N3S. The van der Waals surface area contributed by atoms with Crippen LogP contribution in [0.15, 0.2) is 65.8 Å². The van der Waals surface area contributed by atoms with Gasteiger partial charge in [-0.2, -0.15) is 5.10 Å². The molecule has 1 aliphatic heterocycles. The summed E-state index contributed by atoms with van der Waals surface area (Å²) in [7, 11) is 0. The first-order valence-electron chi connectivity index (χ1n) is 7.40. The van der Waals surface area contributed by atoms with Crippen molar-refractivity contribution in [2.24, 2.45) is 0 Å². The second kappa shape index (κ2) is 5.46. The first-order valence-corrected chi connectivity index (χ1v) is 8.28. The zero-order valence-corrected chi connectivity index (χ0v) is 13.2. The largest absolute Gasteiger partial charge is 0.344 e. The predicted molar refractivity (Wildman–Crippen MR) is 91.3 cm³/mol. The van der Waals surface area contributed by atoms with Crippen molar-refractivity contribution >= 4 is 17.2 Å². The van der Waals surface area contributed by atoms with Gasteiger partial charge in [0.1, 0.15) is 5.82 Å². The van der Waals surface area contributed by atoms with Crippen LogP contribution in [0, 0.1) is 0 Å². The summed E-state index contributed by atoms with van der Waals surface area (Å²) in [5.74, 6) is 1.42. The maximum Gasteiger partial charge on any atom is 0.132 e. The Kier molecular flexibility index (Phi) is 3.31. The topological polar surface area (TPSA) is 29.9 Å². The van der Waals surface area contributed by atoms with Gasteiger partial charge in [0.2, 0.25) is 0 Å². The molecule has 4 heteroatoms. The van der Waals surface area contributed by atoms with Crippen molar-refractivity contribution in [3.05, 3.63) is 81.8 Å². The molecule has 0 spiro atoms. The number of hydrogen-bond acceptors (Lipinski definition) is 3. The van der Waals surface area contributed by atoms with Gasteiger partial charge in [-0.15, -0.1) is 11.3 Å². The maximum absolute atomic E-state index is 4.61. The van der Waals surface area contributed by atoms with Gasteiger partial charge in [0.05, 0.1) is 12.7 Å². The zero-order chi connectivity index (χ0) is 14.9. The van der Waals surface area contributed by atoms with Crippen LogP contribution in [-0.4, -0.2) is 9.78 Å². The molecule has 1 aliphatic rings. The lowest BCUT2D eigenvalue weighted by atomic mass is 9.96. The highest BCUT2D eigenvalue weighted by Crippen LogP contribution is 2.38. The fourth-order valence-electron chi connectivity index (χ4n) is 2.91. The maximum atomic E-state index is 4.61. The molecule has 22 heavy (non-hydrogen) atoms. The fourth-order valence-corrected chi connectivity index (χ4v) is 3.73. The molecule has 1 aromatic carbocycles. The number of rotatable bonds is 3. The van der Waals surface area contributed by atoms with Crippen LogP contribution in [0.5, 0.6) is 0 Å². The van der Waals surface area contributed by atoms with E-state index in [2.05, 4.69) is 69.9 Å². The fraction of sp³-hybridized carbons (Fsp3) is 0.167. The third-order valence-electron chi connectivity index (χ3n) is 3.96. The van der Waals surface area contributed by atoms with Gasteiger partial charge in [0.25, 0.3) is 0 Å². The monoisotopic (exact) mass is 307 g/mol. The lowest BCUT2D eigenvalue weighted by Crippen LogP contribution is -2.14. The van der Waals surface area contributed by atoms with E-state index in [0.29, 0.717) is 5.92 Å². The van der Waals surface area contributed by atoms with Gasteiger partial charge in [-0.25, -0.2) is 4.68 Å². The van der Waals surface area contributed by atoms with Crippen molar-refractivity contribution in [2.75, 3.05) is 5.32 Å². The summed E-state index contributed by atoms with van der Waals surface area (Å²) in [5.41, 5.74) is 3.69. The lowest BCUT2D eigenvalue weighted by molar-refractivity contribution is 0.692. The van der Waals surface area contributed by atoms with Crippen molar-refractivity contribution in [3.63, 3.8) is 0 Å². The standard InChI is InChI=1S/C18H17N3S/c1-13-10-15(17-8-5-9-22-17)16-11-19-21(18(16)20-13)12-14-6-3-2-4-7-14/h2-11,15,20H,12H2,1H3. The van der Waals surface area contributed by atoms with Crippen LogP contribution >= 0.6 is 11.3 Å². The Bertz CT molecular complexity index is 800. The highest BCUT2D eigenvalue weighted by Gasteiger charge is 2.24. The third-order valence-corrected chi connectivity index (χ3v) is 4.92. The zero-order valence-electron chi connectivity index (χ0n) is 12.4. The number of allylic oxidation sites excluding steroid dienone is 2. The van der Waals surface area contributed by atoms with Crippen LogP contribution in [0.1, 0.15) is 28.8 Å². The van der Waals surface area contributed by atoms with Crippen LogP contribution in [-0.2, 0) is 6.54 Å². The van der Waals surface area contributed by atoms with Crippen molar-refractivity contribution < 1.29 is 0 Å². The SMILES string of the molecule is CC1=CC(c2cccs2)c2cnn(Cc3ccccc3)c2N1. The van der Waals surface area contributed by atoms with Gasteiger partial charge in [-0.1, -0.05) is 42.5 Å². The molecule has 3 aromatic rings. The van der Waals surface area contributed by atoms with Crippen LogP contribution in [0.3, 0.4) is 0 Å². The highest BCUT2D eigenvalue weighted by atomic mass is 32.1. The van der Waals surface area contributed by atoms with Crippen molar-refractivity contribution in [1.82, 2.24) is 9.78 Å². The Morgan fingerprint density at radius 1 is 1.18 bits per heavy atom. The molecule has 0 amide bonds. The van der Waals surface area contributed by atoms with E-state index in [1.165, 1.54) is 21.7 Å². The quantitative estimate of drug-likeness (QED) is 0.774. The number of hydrogen-bond donors (Lipinski definition) is 1. The molecule has 3 nitrogen and oxygen atoms in total. The van der Waals surface area contributed by atoms with Gasteiger partial charge in [-0.3, -0.25) is 0 Å². The van der Waals surface area contributed by atoms with Gasteiger partial charge in [0.15, 0.2) is 0 Å². The first-order chi connectivity index (χ1) is 10.8. The molecule has 4 rings (SSSR count). The molecule has 0 radical (unpaired) electrons. The summed E-state index contributed by atoms with van der Waals surface area (Å²) >= 11 is 1.80. The average molecular weight is 307 g/mol. The average Bonchev–Trinajstić information content (AvgIpc) is 3.18. The molecular weight excluding hydrogens is 290 g/mol. The smallest absolute Gasteiger partial charge is 0.132 e.